The first-order valence-electron chi connectivity index (χ1n) is 10.4. The molecule has 8 nitrogen and oxygen atoms in total. The molecule has 12 heteroatoms. The molecule has 5 rings (SSSR count). The number of amides is 1. The monoisotopic (exact) mass is 486 g/mol. The number of nitrogens with two attached hydrogens (primary N) is 2. The van der Waals surface area contributed by atoms with Crippen LogP contribution in [-0.4, -0.2) is 31.8 Å². The van der Waals surface area contributed by atoms with E-state index < -0.39 is 17.8 Å². The Morgan fingerprint density at radius 1 is 1.21 bits per heavy atom. The lowest BCUT2D eigenvalue weighted by atomic mass is 9.84. The van der Waals surface area contributed by atoms with Crippen molar-refractivity contribution in [2.75, 3.05) is 11.1 Å². The van der Waals surface area contributed by atoms with Crippen LogP contribution in [0.25, 0.3) is 22.2 Å². The van der Waals surface area contributed by atoms with Crippen LogP contribution in [0.15, 0.2) is 29.2 Å². The van der Waals surface area contributed by atoms with Gasteiger partial charge in [-0.1, -0.05) is 0 Å². The molecule has 0 bridgehead atoms. The number of halogens is 3. The number of benzene rings is 1. The molecule has 4 aromatic rings. The average Bonchev–Trinajstić information content (AvgIpc) is 3.50. The summed E-state index contributed by atoms with van der Waals surface area (Å²) >= 11 is 1.32. The fraction of sp³-hybridized carbons (Fsp3) is 0.227. The molecular weight excluding hydrogens is 467 g/mol. The van der Waals surface area contributed by atoms with Crippen molar-refractivity contribution in [3.8, 4) is 11.3 Å². The van der Waals surface area contributed by atoms with Crippen LogP contribution in [-0.2, 0) is 23.8 Å². The normalized spacial score (nSPS) is 13.6. The number of nitrogens with one attached hydrogen (secondary N) is 2. The smallest absolute Gasteiger partial charge is 0.398 e. The number of aromatic nitrogens is 4. The zero-order valence-electron chi connectivity index (χ0n) is 17.7. The predicted octanol–water partition coefficient (Wildman–Crippen LogP) is 2.75. The lowest BCUT2D eigenvalue weighted by Gasteiger charge is -2.23. The summed E-state index contributed by atoms with van der Waals surface area (Å²) in [6.07, 6.45) is -0.697. The van der Waals surface area contributed by atoms with Gasteiger partial charge in [0, 0.05) is 16.5 Å². The Labute approximate surface area is 194 Å². The number of carbonyl (C=O) groups is 1. The van der Waals surface area contributed by atoms with Crippen molar-refractivity contribution in [2.45, 2.75) is 31.9 Å². The number of nitrogen functional groups attached to an aromatic ring is 1. The topological polar surface area (TPSA) is 135 Å². The first-order valence-corrected chi connectivity index (χ1v) is 11.4. The van der Waals surface area contributed by atoms with E-state index in [0.717, 1.165) is 24.6 Å². The Morgan fingerprint density at radius 3 is 2.68 bits per heavy atom. The number of aryl methyl sites for hydroxylation is 1. The largest absolute Gasteiger partial charge is 0.433 e. The summed E-state index contributed by atoms with van der Waals surface area (Å²) in [4.78, 5) is 21.5. The third-order valence-electron chi connectivity index (χ3n) is 5.87. The summed E-state index contributed by atoms with van der Waals surface area (Å²) in [6.45, 7) is 0. The number of hydrogen-bond donors (Lipinski definition) is 4. The minimum atomic E-state index is -4.61. The Hall–Kier alpha value is -3.80. The van der Waals surface area contributed by atoms with Crippen LogP contribution < -0.4 is 16.5 Å². The van der Waals surface area contributed by atoms with E-state index in [9.17, 15) is 18.0 Å². The molecule has 1 aliphatic rings. The van der Waals surface area contributed by atoms with Crippen LogP contribution in [0, 0.1) is 0 Å². The Kier molecular flexibility index (Phi) is 5.31. The molecule has 3 aromatic heterocycles. The summed E-state index contributed by atoms with van der Waals surface area (Å²) < 4.78 is 40.8. The highest BCUT2D eigenvalue weighted by Gasteiger charge is 2.38. The van der Waals surface area contributed by atoms with Gasteiger partial charge < -0.3 is 11.1 Å². The predicted molar refractivity (Wildman–Crippen MR) is 122 cm³/mol. The van der Waals surface area contributed by atoms with Gasteiger partial charge >= 0.3 is 12.1 Å². The SMILES string of the molecule is Nc1ccc2nc(-c3cn[nH]c3C(F)(F)F)c3c(c2c1C(=[NH2+])C(=O)Nc1cscn1)CCCC3. The molecule has 0 fully saturated rings. The maximum Gasteiger partial charge on any atom is 0.433 e. The number of H-pyrrole nitrogens is 1. The van der Waals surface area contributed by atoms with Crippen LogP contribution in [0.2, 0.25) is 0 Å². The number of anilines is 2. The highest BCUT2D eigenvalue weighted by molar-refractivity contribution is 7.07. The number of aromatic amines is 1. The van der Waals surface area contributed by atoms with E-state index in [2.05, 4.69) is 25.5 Å². The van der Waals surface area contributed by atoms with Crippen molar-refractivity contribution >= 4 is 45.4 Å². The number of nitrogens with zero attached hydrogens (tertiary/aromatic N) is 3. The van der Waals surface area contributed by atoms with Crippen molar-refractivity contribution in [2.24, 2.45) is 0 Å². The molecule has 3 heterocycles. The second-order valence-electron chi connectivity index (χ2n) is 7.95. The van der Waals surface area contributed by atoms with E-state index in [1.165, 1.54) is 11.3 Å². The number of thiazole rings is 1. The van der Waals surface area contributed by atoms with Gasteiger partial charge in [-0.25, -0.2) is 15.4 Å². The molecule has 34 heavy (non-hydrogen) atoms. The van der Waals surface area contributed by atoms with E-state index >= 15 is 0 Å². The van der Waals surface area contributed by atoms with Gasteiger partial charge in [-0.2, -0.15) is 18.3 Å². The molecule has 1 amide bonds. The number of carbonyl (C=O) groups excluding carboxylic acids is 1. The van der Waals surface area contributed by atoms with Crippen molar-refractivity contribution in [3.05, 3.63) is 51.6 Å². The molecule has 0 radical (unpaired) electrons. The van der Waals surface area contributed by atoms with Crippen LogP contribution in [0.5, 0.6) is 0 Å². The zero-order valence-corrected chi connectivity index (χ0v) is 18.5. The van der Waals surface area contributed by atoms with E-state index in [-0.39, 0.29) is 22.7 Å². The summed E-state index contributed by atoms with van der Waals surface area (Å²) in [5.74, 6) is -0.216. The van der Waals surface area contributed by atoms with Crippen LogP contribution in [0.3, 0.4) is 0 Å². The minimum absolute atomic E-state index is 0.107. The fourth-order valence-electron chi connectivity index (χ4n) is 4.40. The second-order valence-corrected chi connectivity index (χ2v) is 8.67. The van der Waals surface area contributed by atoms with Gasteiger partial charge in [0.05, 0.1) is 34.0 Å². The number of pyridine rings is 1. The zero-order chi connectivity index (χ0) is 24.0. The van der Waals surface area contributed by atoms with Crippen LogP contribution >= 0.6 is 11.3 Å². The van der Waals surface area contributed by atoms with Crippen LogP contribution in [0.4, 0.5) is 24.7 Å². The molecule has 0 saturated carbocycles. The molecule has 0 spiro atoms. The average molecular weight is 487 g/mol. The standard InChI is InChI=1S/C22H18F3N7OS/c23-22(24,25)20-12(7-29-32-20)19-11-4-2-1-3-10(11)16-14(30-19)6-5-13(26)17(16)18(27)21(33)31-15-8-34-9-28-15/h5-9,27H,1-4,26H2,(H,29,32)(H,31,33)/p+1. The number of rotatable bonds is 4. The lowest BCUT2D eigenvalue weighted by molar-refractivity contribution is -0.140. The van der Waals surface area contributed by atoms with Crippen molar-refractivity contribution in [3.63, 3.8) is 0 Å². The van der Waals surface area contributed by atoms with Crippen molar-refractivity contribution in [1.29, 1.82) is 0 Å². The Bertz CT molecular complexity index is 1430. The summed E-state index contributed by atoms with van der Waals surface area (Å²) in [5.41, 5.74) is 9.38. The molecule has 0 saturated heterocycles. The quantitative estimate of drug-likeness (QED) is 0.260. The third-order valence-corrected chi connectivity index (χ3v) is 6.46. The summed E-state index contributed by atoms with van der Waals surface area (Å²) in [5, 5.41) is 16.8. The Morgan fingerprint density at radius 2 is 1.97 bits per heavy atom. The number of hydrogen-bond acceptors (Lipinski definition) is 6. The van der Waals surface area contributed by atoms with Crippen molar-refractivity contribution in [1.82, 2.24) is 20.2 Å². The fourth-order valence-corrected chi connectivity index (χ4v) is 4.89. The molecule has 0 atom stereocenters. The van der Waals surface area contributed by atoms with Gasteiger partial charge in [0.1, 0.15) is 11.5 Å². The molecule has 1 aliphatic carbocycles. The lowest BCUT2D eigenvalue weighted by Crippen LogP contribution is -2.48. The molecule has 0 aliphatic heterocycles. The number of fused-ring (bicyclic) bond motifs is 3. The van der Waals surface area contributed by atoms with Gasteiger partial charge in [0.25, 0.3) is 5.71 Å². The molecule has 1 aromatic carbocycles. The maximum absolute atomic E-state index is 13.6. The highest BCUT2D eigenvalue weighted by Crippen LogP contribution is 2.41. The molecule has 174 valence electrons. The van der Waals surface area contributed by atoms with Crippen LogP contribution in [0.1, 0.15) is 35.2 Å². The van der Waals surface area contributed by atoms with Gasteiger partial charge in [-0.3, -0.25) is 9.89 Å². The number of alkyl halides is 3. The third kappa shape index (κ3) is 3.69. The van der Waals surface area contributed by atoms with Gasteiger partial charge in [-0.15, -0.1) is 11.3 Å². The van der Waals surface area contributed by atoms with Gasteiger partial charge in [-0.05, 0) is 48.9 Å². The first-order chi connectivity index (χ1) is 16.3. The van der Waals surface area contributed by atoms with Gasteiger partial charge in [0.2, 0.25) is 0 Å². The molecule has 6 N–H and O–H groups in total. The van der Waals surface area contributed by atoms with Gasteiger partial charge in [0.15, 0.2) is 0 Å². The molecule has 0 unspecified atom stereocenters. The van der Waals surface area contributed by atoms with E-state index in [1.807, 2.05) is 0 Å². The summed E-state index contributed by atoms with van der Waals surface area (Å²) in [6, 6.07) is 3.18. The highest BCUT2D eigenvalue weighted by atomic mass is 32.1. The molecular formula is C22H19F3N7OS+. The van der Waals surface area contributed by atoms with E-state index in [4.69, 9.17) is 11.1 Å². The Balaban J connectivity index is 1.71. The minimum Gasteiger partial charge on any atom is -0.398 e. The maximum atomic E-state index is 13.6. The first kappa shape index (κ1) is 22.0. The second kappa shape index (κ2) is 8.20. The van der Waals surface area contributed by atoms with Crippen molar-refractivity contribution < 1.29 is 23.4 Å². The van der Waals surface area contributed by atoms with E-state index in [0.29, 0.717) is 40.7 Å². The summed E-state index contributed by atoms with van der Waals surface area (Å²) in [7, 11) is 0. The van der Waals surface area contributed by atoms with E-state index in [1.54, 1.807) is 23.0 Å².